The first kappa shape index (κ1) is 15.6. The summed E-state index contributed by atoms with van der Waals surface area (Å²) < 4.78 is 5.06. The maximum Gasteiger partial charge on any atom is 0.216 e. The van der Waals surface area contributed by atoms with E-state index in [-0.39, 0.29) is 13.1 Å². The monoisotopic (exact) mass is 205 g/mol. The summed E-state index contributed by atoms with van der Waals surface area (Å²) >= 11 is 0. The van der Waals surface area contributed by atoms with Crippen molar-refractivity contribution < 1.29 is 15.8 Å². The number of carbonyl (C=O) groups is 2. The Labute approximate surface area is 87.5 Å². The number of ketones is 1. The summed E-state index contributed by atoms with van der Waals surface area (Å²) in [7, 11) is 0. The zero-order valence-electron chi connectivity index (χ0n) is 9.55. The quantitative estimate of drug-likeness (QED) is 0.667. The van der Waals surface area contributed by atoms with Gasteiger partial charge in [0.15, 0.2) is 0 Å². The van der Waals surface area contributed by atoms with Crippen LogP contribution in [0.15, 0.2) is 0 Å². The van der Waals surface area contributed by atoms with Crippen LogP contribution < -0.4 is 5.32 Å². The molecular weight excluding hydrogens is 182 g/mol. The second-order valence-electron chi connectivity index (χ2n) is 2.55. The lowest BCUT2D eigenvalue weighted by atomic mass is 10.3. The van der Waals surface area contributed by atoms with Gasteiger partial charge in [-0.2, -0.15) is 0 Å². The first-order valence-electron chi connectivity index (χ1n) is 4.94. The van der Waals surface area contributed by atoms with Gasteiger partial charge in [0, 0.05) is 21.3 Å². The van der Waals surface area contributed by atoms with Crippen molar-refractivity contribution in [3.63, 3.8) is 0 Å². The lowest BCUT2D eigenvalue weighted by Crippen LogP contribution is -2.24. The highest BCUT2D eigenvalue weighted by Gasteiger charge is 1.93. The fraction of sp³-hybridized carbons (Fsp3) is 0.800. The van der Waals surface area contributed by atoms with Crippen molar-refractivity contribution in [3.8, 4) is 0 Å². The van der Waals surface area contributed by atoms with Gasteiger partial charge in [-0.15, -0.1) is 0 Å². The van der Waals surface area contributed by atoms with Crippen molar-refractivity contribution in [2.75, 3.05) is 19.8 Å². The van der Waals surface area contributed by atoms with Gasteiger partial charge in [0.05, 0.1) is 13.2 Å². The maximum atomic E-state index is 10.4. The van der Waals surface area contributed by atoms with Crippen LogP contribution in [-0.4, -0.2) is 31.4 Å². The number of hydrogen-bond acceptors (Lipinski definition) is 3. The van der Waals surface area contributed by atoms with Gasteiger partial charge in [-0.05, 0) is 6.92 Å². The van der Waals surface area contributed by atoms with Crippen LogP contribution in [-0.2, 0) is 14.3 Å². The molecule has 0 aliphatic rings. The minimum absolute atomic E-state index is 0. The van der Waals surface area contributed by atoms with Gasteiger partial charge >= 0.3 is 0 Å². The fourth-order valence-corrected chi connectivity index (χ4v) is 0.617. The summed E-state index contributed by atoms with van der Waals surface area (Å²) in [6.07, 6.45) is 0.445. The van der Waals surface area contributed by atoms with Crippen molar-refractivity contribution in [1.29, 1.82) is 0 Å². The first-order chi connectivity index (χ1) is 6.63. The zero-order valence-corrected chi connectivity index (χ0v) is 9.55. The van der Waals surface area contributed by atoms with Crippen LogP contribution in [0.2, 0.25) is 0 Å². The van der Waals surface area contributed by atoms with E-state index in [2.05, 4.69) is 5.32 Å². The summed E-state index contributed by atoms with van der Waals surface area (Å²) in [5, 5.41) is 2.58. The summed E-state index contributed by atoms with van der Waals surface area (Å²) in [6.45, 7) is 8.39. The van der Waals surface area contributed by atoms with Gasteiger partial charge in [-0.3, -0.25) is 9.59 Å². The Morgan fingerprint density at radius 2 is 1.79 bits per heavy atom. The summed E-state index contributed by atoms with van der Waals surface area (Å²) in [6, 6.07) is 0. The van der Waals surface area contributed by atoms with E-state index >= 15 is 0 Å². The van der Waals surface area contributed by atoms with Crippen molar-refractivity contribution in [2.24, 2.45) is 0 Å². The smallest absolute Gasteiger partial charge is 0.216 e. The standard InChI is InChI=1S/C8H15NO3.C2H6.H2/c1-7(10)3-5-12-6-4-9-8(2)11;1-2;/h3-6H2,1-2H3,(H,9,11);1-2H3;1H. The van der Waals surface area contributed by atoms with E-state index in [0.717, 1.165) is 0 Å². The Morgan fingerprint density at radius 1 is 1.21 bits per heavy atom. The van der Waals surface area contributed by atoms with Crippen molar-refractivity contribution in [3.05, 3.63) is 0 Å². The van der Waals surface area contributed by atoms with Crippen LogP contribution in [0.25, 0.3) is 0 Å². The lowest BCUT2D eigenvalue weighted by Gasteiger charge is -2.02. The van der Waals surface area contributed by atoms with Crippen LogP contribution in [0.5, 0.6) is 0 Å². The molecule has 14 heavy (non-hydrogen) atoms. The average Bonchev–Trinajstić information content (AvgIpc) is 2.13. The van der Waals surface area contributed by atoms with Crippen LogP contribution in [0.3, 0.4) is 0 Å². The van der Waals surface area contributed by atoms with E-state index in [0.29, 0.717) is 26.2 Å². The Kier molecular flexibility index (Phi) is 13.5. The Morgan fingerprint density at radius 3 is 2.21 bits per heavy atom. The van der Waals surface area contributed by atoms with E-state index < -0.39 is 0 Å². The SMILES string of the molecule is CC.CC(=O)CCOCCNC(C)=O.[HH]. The minimum atomic E-state index is -0.0647. The summed E-state index contributed by atoms with van der Waals surface area (Å²) in [5.74, 6) is 0.0553. The second-order valence-corrected chi connectivity index (χ2v) is 2.55. The molecule has 1 N–H and O–H groups in total. The van der Waals surface area contributed by atoms with Gasteiger partial charge in [0.25, 0.3) is 0 Å². The predicted molar refractivity (Wildman–Crippen MR) is 58.3 cm³/mol. The van der Waals surface area contributed by atoms with Gasteiger partial charge in [-0.1, -0.05) is 13.8 Å². The molecule has 0 unspecified atom stereocenters. The molecule has 0 fully saturated rings. The topological polar surface area (TPSA) is 55.4 Å². The van der Waals surface area contributed by atoms with Gasteiger partial charge in [-0.25, -0.2) is 0 Å². The fourth-order valence-electron chi connectivity index (χ4n) is 0.617. The molecule has 0 saturated carbocycles. The molecule has 4 heteroatoms. The minimum Gasteiger partial charge on any atom is -0.379 e. The van der Waals surface area contributed by atoms with E-state index in [4.69, 9.17) is 4.74 Å². The number of hydrogen-bond donors (Lipinski definition) is 1. The highest BCUT2D eigenvalue weighted by atomic mass is 16.5. The highest BCUT2D eigenvalue weighted by molar-refractivity contribution is 5.75. The summed E-state index contributed by atoms with van der Waals surface area (Å²) in [4.78, 5) is 20.8. The van der Waals surface area contributed by atoms with Crippen molar-refractivity contribution >= 4 is 11.7 Å². The molecule has 0 heterocycles. The first-order valence-corrected chi connectivity index (χ1v) is 4.94. The average molecular weight is 205 g/mol. The molecule has 0 aromatic carbocycles. The number of carbonyl (C=O) groups excluding carboxylic acids is 2. The molecule has 1 amide bonds. The third-order valence-electron chi connectivity index (χ3n) is 1.22. The second kappa shape index (κ2) is 12.1. The van der Waals surface area contributed by atoms with E-state index in [1.165, 1.54) is 13.8 Å². The molecule has 0 aromatic heterocycles. The van der Waals surface area contributed by atoms with Crippen LogP contribution >= 0.6 is 0 Å². The molecular formula is C10H23NO3. The molecule has 0 aliphatic carbocycles. The normalized spacial score (nSPS) is 8.57. The van der Waals surface area contributed by atoms with Crippen molar-refractivity contribution in [1.82, 2.24) is 5.32 Å². The van der Waals surface area contributed by atoms with E-state index in [9.17, 15) is 9.59 Å². The number of ether oxygens (including phenoxy) is 1. The van der Waals surface area contributed by atoms with E-state index in [1.807, 2.05) is 13.8 Å². The van der Waals surface area contributed by atoms with Crippen LogP contribution in [0, 0.1) is 0 Å². The number of Topliss-reactive ketones (excluding diaryl/α,β-unsaturated/α-hetero) is 1. The Hall–Kier alpha value is -0.900. The van der Waals surface area contributed by atoms with Gasteiger partial charge < -0.3 is 10.1 Å². The molecule has 86 valence electrons. The third kappa shape index (κ3) is 17.3. The molecule has 0 saturated heterocycles. The van der Waals surface area contributed by atoms with Crippen LogP contribution in [0.1, 0.15) is 35.5 Å². The Balaban J connectivity index is -0.000000449. The molecule has 4 nitrogen and oxygen atoms in total. The number of rotatable bonds is 6. The molecule has 0 aromatic rings. The number of nitrogens with one attached hydrogen (secondary N) is 1. The molecule has 0 aliphatic heterocycles. The molecule has 0 radical (unpaired) electrons. The van der Waals surface area contributed by atoms with E-state index in [1.54, 1.807) is 0 Å². The molecule has 0 rings (SSSR count). The van der Waals surface area contributed by atoms with Crippen LogP contribution in [0.4, 0.5) is 0 Å². The van der Waals surface area contributed by atoms with Gasteiger partial charge in [0.2, 0.25) is 5.91 Å². The molecule has 0 spiro atoms. The predicted octanol–water partition coefficient (Wildman–Crippen LogP) is 1.39. The lowest BCUT2D eigenvalue weighted by molar-refractivity contribution is -0.120. The molecule has 0 bridgehead atoms. The number of amides is 1. The largest absolute Gasteiger partial charge is 0.379 e. The zero-order chi connectivity index (χ0) is 11.4. The summed E-state index contributed by atoms with van der Waals surface area (Å²) in [5.41, 5.74) is 0. The van der Waals surface area contributed by atoms with Gasteiger partial charge in [0.1, 0.15) is 5.78 Å². The molecule has 0 atom stereocenters. The highest BCUT2D eigenvalue weighted by Crippen LogP contribution is 1.83. The Bertz CT molecular complexity index is 145. The third-order valence-corrected chi connectivity index (χ3v) is 1.22. The maximum absolute atomic E-state index is 10.4. The van der Waals surface area contributed by atoms with Crippen molar-refractivity contribution in [2.45, 2.75) is 34.1 Å².